The number of nitrogens with one attached hydrogen (secondary N) is 2. The van der Waals surface area contributed by atoms with E-state index in [0.717, 1.165) is 24.9 Å². The quantitative estimate of drug-likeness (QED) is 0.141. The van der Waals surface area contributed by atoms with Crippen molar-refractivity contribution in [1.29, 1.82) is 5.26 Å². The second-order valence-electron chi connectivity index (χ2n) is 10.2. The molecule has 0 aromatic heterocycles. The highest BCUT2D eigenvalue weighted by Gasteiger charge is 2.32. The van der Waals surface area contributed by atoms with Gasteiger partial charge in [-0.3, -0.25) is 4.79 Å². The first-order valence-electron chi connectivity index (χ1n) is 13.3. The van der Waals surface area contributed by atoms with Crippen LogP contribution in [0.1, 0.15) is 41.1 Å². The molecule has 0 bridgehead atoms. The van der Waals surface area contributed by atoms with Gasteiger partial charge in [-0.1, -0.05) is 36.9 Å². The Labute approximate surface area is 242 Å². The van der Waals surface area contributed by atoms with Crippen LogP contribution in [0.3, 0.4) is 0 Å². The number of anilines is 2. The summed E-state index contributed by atoms with van der Waals surface area (Å²) in [7, 11) is 1.43. The van der Waals surface area contributed by atoms with Crippen LogP contribution in [-0.4, -0.2) is 25.7 Å². The van der Waals surface area contributed by atoms with Gasteiger partial charge >= 0.3 is 6.18 Å². The number of nitriles is 1. The number of carbonyl (C=O) groups is 1. The average Bonchev–Trinajstić information content (AvgIpc) is 3.81. The van der Waals surface area contributed by atoms with Crippen molar-refractivity contribution in [3.05, 3.63) is 119 Å². The summed E-state index contributed by atoms with van der Waals surface area (Å²) in [6, 6.07) is 19.6. The summed E-state index contributed by atoms with van der Waals surface area (Å²) >= 11 is 0. The van der Waals surface area contributed by atoms with E-state index in [1.54, 1.807) is 54.6 Å². The Morgan fingerprint density at radius 1 is 1.14 bits per heavy atom. The molecule has 4 rings (SSSR count). The lowest BCUT2D eigenvalue weighted by atomic mass is 9.97. The summed E-state index contributed by atoms with van der Waals surface area (Å²) in [5.41, 5.74) is 6.95. The van der Waals surface area contributed by atoms with Gasteiger partial charge in [0, 0.05) is 19.3 Å². The fraction of sp³-hybridized carbons (Fsp3) is 0.250. The predicted octanol–water partition coefficient (Wildman–Crippen LogP) is 6.32. The van der Waals surface area contributed by atoms with Crippen molar-refractivity contribution in [3.8, 4) is 6.07 Å². The molecule has 0 heterocycles. The number of hydrogen-bond acceptors (Lipinski definition) is 5. The molecule has 1 fully saturated rings. The van der Waals surface area contributed by atoms with Gasteiger partial charge in [0.1, 0.15) is 11.5 Å². The van der Waals surface area contributed by atoms with Crippen LogP contribution in [0.2, 0.25) is 0 Å². The maximum atomic E-state index is 15.0. The summed E-state index contributed by atoms with van der Waals surface area (Å²) in [5.74, 6) is -1.18. The van der Waals surface area contributed by atoms with Gasteiger partial charge in [-0.15, -0.1) is 0 Å². The van der Waals surface area contributed by atoms with Gasteiger partial charge in [-0.25, -0.2) is 4.39 Å². The normalized spacial score (nSPS) is 14.2. The average molecular weight is 578 g/mol. The molecule has 1 amide bonds. The highest BCUT2D eigenvalue weighted by Crippen LogP contribution is 2.32. The minimum absolute atomic E-state index is 0.190. The number of nitrogens with two attached hydrogens (primary N) is 1. The minimum atomic E-state index is -4.78. The molecular weight excluding hydrogens is 546 g/mol. The molecule has 1 saturated carbocycles. The summed E-state index contributed by atoms with van der Waals surface area (Å²) in [6.07, 6.45) is -1.93. The molecule has 6 nitrogen and oxygen atoms in total. The number of likely N-dealkylation sites (N-methyl/N-ethyl adjacent to an activating group) is 1. The molecule has 3 aromatic carbocycles. The lowest BCUT2D eigenvalue weighted by Gasteiger charge is -2.24. The smallest absolute Gasteiger partial charge is 0.340 e. The van der Waals surface area contributed by atoms with Crippen LogP contribution in [0.4, 0.5) is 28.9 Å². The van der Waals surface area contributed by atoms with E-state index in [1.165, 1.54) is 24.1 Å². The van der Waals surface area contributed by atoms with E-state index in [9.17, 15) is 23.2 Å². The summed E-state index contributed by atoms with van der Waals surface area (Å²) in [6.45, 7) is 3.99. The number of hydrogen-bond donors (Lipinski definition) is 3. The number of rotatable bonds is 11. The zero-order valence-corrected chi connectivity index (χ0v) is 23.0. The molecule has 42 heavy (non-hydrogen) atoms. The first kappa shape index (κ1) is 30.5. The summed E-state index contributed by atoms with van der Waals surface area (Å²) < 4.78 is 55.4. The molecule has 10 heteroatoms. The number of halogens is 4. The molecule has 1 atom stereocenters. The lowest BCUT2D eigenvalue weighted by Crippen LogP contribution is -2.29. The Morgan fingerprint density at radius 2 is 1.83 bits per heavy atom. The van der Waals surface area contributed by atoms with Crippen molar-refractivity contribution in [1.82, 2.24) is 5.32 Å². The van der Waals surface area contributed by atoms with E-state index in [1.807, 2.05) is 0 Å². The van der Waals surface area contributed by atoms with Gasteiger partial charge in [0.25, 0.3) is 5.91 Å². The molecule has 4 N–H and O–H groups in total. The lowest BCUT2D eigenvalue weighted by molar-refractivity contribution is -0.113. The number of alkyl halides is 3. The number of allylic oxidation sites excluding steroid dienone is 2. The standard InChI is InChI=1S/C32H31F4N5O/c1-20(32(34,35)36)14-29(41(2)26-5-3-4-23(15-26)18-38)31(42)40-28-16-25(12-13-27(28)33)30(39-19-22-6-7-22)24-10-8-21(17-37)9-11-24/h3-5,8-16,22,30,39H,1,6-7,18-19,38H2,2H3,(H,40,42)/b29-14-. The van der Waals surface area contributed by atoms with Gasteiger partial charge in [0.15, 0.2) is 0 Å². The minimum Gasteiger partial charge on any atom is -0.340 e. The van der Waals surface area contributed by atoms with E-state index in [0.29, 0.717) is 34.4 Å². The molecule has 0 saturated heterocycles. The van der Waals surface area contributed by atoms with Gasteiger partial charge in [0.05, 0.1) is 28.9 Å². The van der Waals surface area contributed by atoms with Crippen LogP contribution in [0.5, 0.6) is 0 Å². The topological polar surface area (TPSA) is 94.2 Å². The van der Waals surface area contributed by atoms with Crippen LogP contribution in [0.15, 0.2) is 90.7 Å². The SMILES string of the molecule is C=C(/C=C(/C(=O)Nc1cc(C(NCC2CC2)c2ccc(C#N)cc2)ccc1F)N(C)c1cccc(CN)c1)C(F)(F)F. The molecule has 1 aliphatic rings. The number of carbonyl (C=O) groups excluding carboxylic acids is 1. The Kier molecular flexibility index (Phi) is 9.45. The molecular formula is C32H31F4N5O. The Bertz CT molecular complexity index is 1520. The monoisotopic (exact) mass is 577 g/mol. The van der Waals surface area contributed by atoms with Crippen molar-refractivity contribution in [2.75, 3.05) is 23.8 Å². The zero-order valence-electron chi connectivity index (χ0n) is 23.0. The predicted molar refractivity (Wildman–Crippen MR) is 155 cm³/mol. The second-order valence-corrected chi connectivity index (χ2v) is 10.2. The first-order valence-corrected chi connectivity index (χ1v) is 13.3. The molecule has 1 aliphatic carbocycles. The molecule has 0 spiro atoms. The van der Waals surface area contributed by atoms with E-state index in [2.05, 4.69) is 23.3 Å². The van der Waals surface area contributed by atoms with Crippen LogP contribution >= 0.6 is 0 Å². The Morgan fingerprint density at radius 3 is 2.45 bits per heavy atom. The van der Waals surface area contributed by atoms with Crippen LogP contribution in [0.25, 0.3) is 0 Å². The van der Waals surface area contributed by atoms with E-state index >= 15 is 4.39 Å². The summed E-state index contributed by atoms with van der Waals surface area (Å²) in [4.78, 5) is 14.7. The molecule has 3 aromatic rings. The largest absolute Gasteiger partial charge is 0.415 e. The number of nitrogens with zero attached hydrogens (tertiary/aromatic N) is 2. The van der Waals surface area contributed by atoms with Crippen LogP contribution < -0.4 is 21.3 Å². The van der Waals surface area contributed by atoms with Gasteiger partial charge in [-0.2, -0.15) is 18.4 Å². The molecule has 0 aliphatic heterocycles. The van der Waals surface area contributed by atoms with Gasteiger partial charge in [-0.05, 0) is 84.5 Å². The maximum absolute atomic E-state index is 15.0. The van der Waals surface area contributed by atoms with Crippen LogP contribution in [0, 0.1) is 23.1 Å². The van der Waals surface area contributed by atoms with Crippen molar-refractivity contribution < 1.29 is 22.4 Å². The van der Waals surface area contributed by atoms with E-state index in [-0.39, 0.29) is 18.3 Å². The molecule has 1 unspecified atom stereocenters. The van der Waals surface area contributed by atoms with Gasteiger partial charge < -0.3 is 21.3 Å². The number of amides is 1. The highest BCUT2D eigenvalue weighted by molar-refractivity contribution is 6.06. The van der Waals surface area contributed by atoms with E-state index < -0.39 is 29.2 Å². The highest BCUT2D eigenvalue weighted by atomic mass is 19.4. The summed E-state index contributed by atoms with van der Waals surface area (Å²) in [5, 5.41) is 15.1. The maximum Gasteiger partial charge on any atom is 0.415 e. The van der Waals surface area contributed by atoms with Gasteiger partial charge in [0.2, 0.25) is 0 Å². The Balaban J connectivity index is 1.68. The third kappa shape index (κ3) is 7.63. The molecule has 0 radical (unpaired) electrons. The van der Waals surface area contributed by atoms with Crippen LogP contribution in [-0.2, 0) is 11.3 Å². The van der Waals surface area contributed by atoms with Crippen molar-refractivity contribution in [2.24, 2.45) is 11.7 Å². The van der Waals surface area contributed by atoms with Crippen molar-refractivity contribution in [2.45, 2.75) is 31.6 Å². The third-order valence-electron chi connectivity index (χ3n) is 7.06. The van der Waals surface area contributed by atoms with Crippen molar-refractivity contribution >= 4 is 17.3 Å². The van der Waals surface area contributed by atoms with E-state index in [4.69, 9.17) is 5.73 Å². The zero-order chi connectivity index (χ0) is 30.4. The Hall–Kier alpha value is -4.46. The second kappa shape index (κ2) is 13.0. The molecule has 218 valence electrons. The first-order chi connectivity index (χ1) is 20.0. The number of benzene rings is 3. The van der Waals surface area contributed by atoms with Crippen molar-refractivity contribution in [3.63, 3.8) is 0 Å². The third-order valence-corrected chi connectivity index (χ3v) is 7.06. The fourth-order valence-corrected chi connectivity index (χ4v) is 4.38. The fourth-order valence-electron chi connectivity index (χ4n) is 4.38.